The summed E-state index contributed by atoms with van der Waals surface area (Å²) < 4.78 is 18.3. The van der Waals surface area contributed by atoms with E-state index in [1.165, 1.54) is 17.0 Å². The van der Waals surface area contributed by atoms with E-state index in [1.807, 2.05) is 0 Å². The molecule has 0 aromatic heterocycles. The van der Waals surface area contributed by atoms with Crippen molar-refractivity contribution in [3.05, 3.63) is 30.1 Å². The number of anilines is 1. The van der Waals surface area contributed by atoms with Gasteiger partial charge in [-0.1, -0.05) is 12.1 Å². The first-order valence-electron chi connectivity index (χ1n) is 4.65. The Kier molecular flexibility index (Phi) is 2.55. The van der Waals surface area contributed by atoms with Crippen molar-refractivity contribution in [3.63, 3.8) is 0 Å². The van der Waals surface area contributed by atoms with Gasteiger partial charge in [-0.05, 0) is 12.1 Å². The fraction of sp³-hybridized carbons (Fsp3) is 0.300. The number of hydrogen-bond acceptors (Lipinski definition) is 3. The largest absolute Gasteiger partial charge is 0.443 e. The van der Waals surface area contributed by atoms with Crippen molar-refractivity contribution in [3.8, 4) is 0 Å². The summed E-state index contributed by atoms with van der Waals surface area (Å²) >= 11 is 0. The number of para-hydroxylation sites is 1. The predicted octanol–water partition coefficient (Wildman–Crippen LogP) is 1.11. The van der Waals surface area contributed by atoms with Gasteiger partial charge < -0.3 is 10.5 Å². The fourth-order valence-electron chi connectivity index (χ4n) is 1.51. The first kappa shape index (κ1) is 9.92. The molecular formula is C10H11FN2O2. The molecule has 1 saturated heterocycles. The first-order valence-corrected chi connectivity index (χ1v) is 4.65. The third-order valence-electron chi connectivity index (χ3n) is 2.28. The van der Waals surface area contributed by atoms with Crippen LogP contribution in [0.3, 0.4) is 0 Å². The third kappa shape index (κ3) is 1.78. The van der Waals surface area contributed by atoms with Crippen LogP contribution in [-0.4, -0.2) is 25.3 Å². The molecule has 80 valence electrons. The van der Waals surface area contributed by atoms with Crippen LogP contribution in [0.4, 0.5) is 14.9 Å². The van der Waals surface area contributed by atoms with Crippen LogP contribution in [0, 0.1) is 5.82 Å². The number of cyclic esters (lactones) is 1. The molecule has 1 fully saturated rings. The molecular weight excluding hydrogens is 199 g/mol. The van der Waals surface area contributed by atoms with Gasteiger partial charge in [-0.2, -0.15) is 0 Å². The van der Waals surface area contributed by atoms with E-state index in [2.05, 4.69) is 0 Å². The Morgan fingerprint density at radius 2 is 2.27 bits per heavy atom. The smallest absolute Gasteiger partial charge is 0.414 e. The van der Waals surface area contributed by atoms with Crippen LogP contribution >= 0.6 is 0 Å². The van der Waals surface area contributed by atoms with Gasteiger partial charge in [0.05, 0.1) is 12.2 Å². The summed E-state index contributed by atoms with van der Waals surface area (Å²) in [6, 6.07) is 6.08. The van der Waals surface area contributed by atoms with Crippen LogP contribution < -0.4 is 10.6 Å². The molecule has 1 aromatic carbocycles. The fourth-order valence-corrected chi connectivity index (χ4v) is 1.51. The summed E-state index contributed by atoms with van der Waals surface area (Å²) in [6.07, 6.45) is -0.896. The number of rotatable bonds is 2. The number of halogens is 1. The highest BCUT2D eigenvalue weighted by Gasteiger charge is 2.32. The first-order chi connectivity index (χ1) is 7.22. The van der Waals surface area contributed by atoms with Crippen LogP contribution in [0.2, 0.25) is 0 Å². The van der Waals surface area contributed by atoms with E-state index in [-0.39, 0.29) is 18.3 Å². The zero-order valence-corrected chi connectivity index (χ0v) is 8.02. The van der Waals surface area contributed by atoms with E-state index in [4.69, 9.17) is 10.5 Å². The molecule has 0 aliphatic carbocycles. The molecule has 1 amide bonds. The number of amides is 1. The number of ether oxygens (including phenoxy) is 1. The van der Waals surface area contributed by atoms with Gasteiger partial charge >= 0.3 is 6.09 Å². The second kappa shape index (κ2) is 3.86. The normalized spacial score (nSPS) is 20.5. The quantitative estimate of drug-likeness (QED) is 0.795. The number of carbonyl (C=O) groups is 1. The maximum atomic E-state index is 13.4. The Bertz CT molecular complexity index is 383. The average molecular weight is 210 g/mol. The van der Waals surface area contributed by atoms with E-state index in [9.17, 15) is 9.18 Å². The summed E-state index contributed by atoms with van der Waals surface area (Å²) in [4.78, 5) is 12.6. The molecule has 1 aliphatic heterocycles. The number of benzene rings is 1. The van der Waals surface area contributed by atoms with Crippen molar-refractivity contribution in [1.82, 2.24) is 0 Å². The minimum Gasteiger partial charge on any atom is -0.443 e. The average Bonchev–Trinajstić information content (AvgIpc) is 2.60. The summed E-state index contributed by atoms with van der Waals surface area (Å²) in [6.45, 7) is 0.549. The van der Waals surface area contributed by atoms with Gasteiger partial charge in [-0.3, -0.25) is 4.90 Å². The van der Waals surface area contributed by atoms with Crippen LogP contribution in [0.15, 0.2) is 24.3 Å². The third-order valence-corrected chi connectivity index (χ3v) is 2.28. The van der Waals surface area contributed by atoms with Gasteiger partial charge in [0, 0.05) is 6.54 Å². The molecule has 4 nitrogen and oxygen atoms in total. The molecule has 2 rings (SSSR count). The van der Waals surface area contributed by atoms with Crippen molar-refractivity contribution in [2.75, 3.05) is 18.0 Å². The molecule has 1 atom stereocenters. The van der Waals surface area contributed by atoms with Gasteiger partial charge in [-0.25, -0.2) is 9.18 Å². The molecule has 0 saturated carbocycles. The lowest BCUT2D eigenvalue weighted by Gasteiger charge is -2.13. The lowest BCUT2D eigenvalue weighted by molar-refractivity contribution is 0.145. The molecule has 1 aromatic rings. The molecule has 1 heterocycles. The highest BCUT2D eigenvalue weighted by atomic mass is 19.1. The highest BCUT2D eigenvalue weighted by Crippen LogP contribution is 2.23. The monoisotopic (exact) mass is 210 g/mol. The summed E-state index contributed by atoms with van der Waals surface area (Å²) in [5, 5.41) is 0. The van der Waals surface area contributed by atoms with Gasteiger partial charge in [-0.15, -0.1) is 0 Å². The molecule has 1 aliphatic rings. The van der Waals surface area contributed by atoms with E-state index in [0.29, 0.717) is 6.54 Å². The Balaban J connectivity index is 2.25. The van der Waals surface area contributed by atoms with Crippen molar-refractivity contribution in [1.29, 1.82) is 0 Å². The van der Waals surface area contributed by atoms with E-state index in [1.54, 1.807) is 12.1 Å². The zero-order valence-electron chi connectivity index (χ0n) is 8.02. The highest BCUT2D eigenvalue weighted by molar-refractivity contribution is 5.89. The van der Waals surface area contributed by atoms with Gasteiger partial charge in [0.2, 0.25) is 0 Å². The van der Waals surface area contributed by atoms with Crippen molar-refractivity contribution < 1.29 is 13.9 Å². The standard InChI is InChI=1S/C10H11FN2O2/c11-8-3-1-2-4-9(8)13-6-7(5-12)15-10(13)14/h1-4,7H,5-6,12H2. The molecule has 15 heavy (non-hydrogen) atoms. The molecule has 1 unspecified atom stereocenters. The molecule has 0 spiro atoms. The lowest BCUT2D eigenvalue weighted by atomic mass is 10.2. The van der Waals surface area contributed by atoms with Crippen LogP contribution in [0.25, 0.3) is 0 Å². The summed E-state index contributed by atoms with van der Waals surface area (Å²) in [5.41, 5.74) is 5.61. The van der Waals surface area contributed by atoms with Crippen molar-refractivity contribution in [2.45, 2.75) is 6.10 Å². The zero-order chi connectivity index (χ0) is 10.8. The maximum Gasteiger partial charge on any atom is 0.414 e. The van der Waals surface area contributed by atoms with Gasteiger partial charge in [0.1, 0.15) is 11.9 Å². The van der Waals surface area contributed by atoms with E-state index in [0.717, 1.165) is 0 Å². The number of carbonyl (C=O) groups excluding carboxylic acids is 1. The molecule has 2 N–H and O–H groups in total. The summed E-state index contributed by atoms with van der Waals surface area (Å²) in [7, 11) is 0. The Hall–Kier alpha value is -1.62. The topological polar surface area (TPSA) is 55.6 Å². The minimum atomic E-state index is -0.546. The Labute approximate surface area is 86.4 Å². The molecule has 5 heteroatoms. The van der Waals surface area contributed by atoms with Crippen LogP contribution in [0.5, 0.6) is 0 Å². The van der Waals surface area contributed by atoms with E-state index < -0.39 is 11.9 Å². The summed E-state index contributed by atoms with van der Waals surface area (Å²) in [5.74, 6) is -0.438. The predicted molar refractivity (Wildman–Crippen MR) is 53.1 cm³/mol. The van der Waals surface area contributed by atoms with Crippen LogP contribution in [-0.2, 0) is 4.74 Å². The van der Waals surface area contributed by atoms with Gasteiger partial charge in [0.15, 0.2) is 0 Å². The second-order valence-corrected chi connectivity index (χ2v) is 3.30. The van der Waals surface area contributed by atoms with Crippen molar-refractivity contribution >= 4 is 11.8 Å². The van der Waals surface area contributed by atoms with Gasteiger partial charge in [0.25, 0.3) is 0 Å². The van der Waals surface area contributed by atoms with Crippen molar-refractivity contribution in [2.24, 2.45) is 5.73 Å². The number of hydrogen-bond donors (Lipinski definition) is 1. The number of nitrogens with zero attached hydrogens (tertiary/aromatic N) is 1. The van der Waals surface area contributed by atoms with Crippen LogP contribution in [0.1, 0.15) is 0 Å². The Morgan fingerprint density at radius 1 is 1.53 bits per heavy atom. The second-order valence-electron chi connectivity index (χ2n) is 3.30. The minimum absolute atomic E-state index is 0.235. The SMILES string of the molecule is NCC1CN(c2ccccc2F)C(=O)O1. The Morgan fingerprint density at radius 3 is 2.87 bits per heavy atom. The maximum absolute atomic E-state index is 13.4. The number of nitrogens with two attached hydrogens (primary N) is 1. The molecule has 0 bridgehead atoms. The molecule has 0 radical (unpaired) electrons. The lowest BCUT2D eigenvalue weighted by Crippen LogP contribution is -2.28. The van der Waals surface area contributed by atoms with E-state index >= 15 is 0 Å².